The summed E-state index contributed by atoms with van der Waals surface area (Å²) in [7, 11) is 1.66. The molecule has 74 valence electrons. The molecule has 5 heteroatoms. The van der Waals surface area contributed by atoms with Crippen LogP contribution in [0.15, 0.2) is 17.5 Å². The number of carboxylic acids is 1. The number of thiophene rings is 1. The Balaban J connectivity index is 0.00000144. The monoisotopic (exact) mass is 219 g/mol. The summed E-state index contributed by atoms with van der Waals surface area (Å²) in [6.45, 7) is 0. The molecule has 1 aromatic rings. The second-order valence-corrected chi connectivity index (χ2v) is 3.50. The van der Waals surface area contributed by atoms with E-state index in [1.807, 2.05) is 17.5 Å². The van der Waals surface area contributed by atoms with Crippen LogP contribution in [0.3, 0.4) is 0 Å². The second kappa shape index (κ2) is 6.01. The van der Waals surface area contributed by atoms with Gasteiger partial charge in [-0.2, -0.15) is 13.5 Å². The summed E-state index contributed by atoms with van der Waals surface area (Å²) >= 11 is 1.58. The zero-order valence-corrected chi connectivity index (χ0v) is 9.10. The first kappa shape index (κ1) is 12.5. The van der Waals surface area contributed by atoms with E-state index in [0.717, 1.165) is 4.88 Å². The number of hydrogen-bond acceptors (Lipinski definition) is 3. The van der Waals surface area contributed by atoms with Gasteiger partial charge in [-0.05, 0) is 18.5 Å². The summed E-state index contributed by atoms with van der Waals surface area (Å²) < 4.78 is 0. The fraction of sp³-hybridized carbons (Fsp3) is 0.375. The molecule has 1 aromatic heterocycles. The third-order valence-electron chi connectivity index (χ3n) is 1.63. The molecular weight excluding hydrogens is 206 g/mol. The van der Waals surface area contributed by atoms with Crippen molar-refractivity contribution in [3.8, 4) is 0 Å². The highest BCUT2D eigenvalue weighted by Crippen LogP contribution is 2.10. The largest absolute Gasteiger partial charge is 0.480 e. The minimum atomic E-state index is -0.800. The Morgan fingerprint density at radius 2 is 2.46 bits per heavy atom. The Morgan fingerprint density at radius 1 is 1.77 bits per heavy atom. The number of carbonyl (C=O) groups is 1. The molecule has 1 heterocycles. The molecule has 0 unspecified atom stereocenters. The third-order valence-corrected chi connectivity index (χ3v) is 2.53. The zero-order valence-electron chi connectivity index (χ0n) is 7.28. The van der Waals surface area contributed by atoms with Crippen LogP contribution < -0.4 is 5.32 Å². The van der Waals surface area contributed by atoms with Crippen molar-refractivity contribution in [2.45, 2.75) is 12.5 Å². The van der Waals surface area contributed by atoms with Crippen LogP contribution in [-0.2, 0) is 11.2 Å². The highest BCUT2D eigenvalue weighted by Gasteiger charge is 2.15. The zero-order chi connectivity index (χ0) is 8.97. The van der Waals surface area contributed by atoms with Crippen molar-refractivity contribution in [1.29, 1.82) is 0 Å². The fourth-order valence-electron chi connectivity index (χ4n) is 0.943. The Kier molecular flexibility index (Phi) is 5.77. The molecule has 0 fully saturated rings. The number of hydrogen-bond donors (Lipinski definition) is 2. The van der Waals surface area contributed by atoms with E-state index in [9.17, 15) is 4.79 Å². The second-order valence-electron chi connectivity index (χ2n) is 2.46. The van der Waals surface area contributed by atoms with Crippen LogP contribution in [0.5, 0.6) is 0 Å². The van der Waals surface area contributed by atoms with Gasteiger partial charge in [0, 0.05) is 11.3 Å². The van der Waals surface area contributed by atoms with Crippen molar-refractivity contribution in [2.24, 2.45) is 0 Å². The van der Waals surface area contributed by atoms with Crippen molar-refractivity contribution in [1.82, 2.24) is 5.32 Å². The summed E-state index contributed by atoms with van der Waals surface area (Å²) in [6.07, 6.45) is 0.559. The minimum absolute atomic E-state index is 0. The van der Waals surface area contributed by atoms with Crippen LogP contribution in [0.4, 0.5) is 0 Å². The number of likely N-dealkylation sites (N-methyl/N-ethyl adjacent to an activating group) is 1. The molecular formula is C8H13NO2S2. The maximum absolute atomic E-state index is 10.6. The van der Waals surface area contributed by atoms with Crippen molar-refractivity contribution < 1.29 is 9.90 Å². The van der Waals surface area contributed by atoms with Crippen LogP contribution in [-0.4, -0.2) is 24.2 Å². The normalized spacial score (nSPS) is 11.8. The van der Waals surface area contributed by atoms with E-state index in [2.05, 4.69) is 5.32 Å². The Hall–Kier alpha value is -0.520. The van der Waals surface area contributed by atoms with Gasteiger partial charge in [-0.15, -0.1) is 11.3 Å². The van der Waals surface area contributed by atoms with Crippen LogP contribution in [0.25, 0.3) is 0 Å². The minimum Gasteiger partial charge on any atom is -0.480 e. The van der Waals surface area contributed by atoms with Gasteiger partial charge in [-0.3, -0.25) is 4.79 Å². The van der Waals surface area contributed by atoms with Crippen molar-refractivity contribution in [3.05, 3.63) is 22.4 Å². The Bertz CT molecular complexity index is 249. The van der Waals surface area contributed by atoms with Crippen LogP contribution >= 0.6 is 24.8 Å². The molecule has 0 saturated heterocycles. The predicted molar refractivity (Wildman–Crippen MR) is 58.9 cm³/mol. The number of rotatable bonds is 4. The Labute approximate surface area is 88.2 Å². The van der Waals surface area contributed by atoms with E-state index in [0.29, 0.717) is 6.42 Å². The lowest BCUT2D eigenvalue weighted by Gasteiger charge is -2.08. The summed E-state index contributed by atoms with van der Waals surface area (Å²) in [5.74, 6) is -0.800. The first-order valence-electron chi connectivity index (χ1n) is 3.66. The SMILES string of the molecule is CN[C@@H](Cc1cccs1)C(=O)O.S. The number of aliphatic carboxylic acids is 1. The summed E-state index contributed by atoms with van der Waals surface area (Å²) in [5.41, 5.74) is 0. The van der Waals surface area contributed by atoms with E-state index in [1.54, 1.807) is 18.4 Å². The summed E-state index contributed by atoms with van der Waals surface area (Å²) in [5, 5.41) is 13.4. The standard InChI is InChI=1S/C8H11NO2S.H2S/c1-9-7(8(10)11)5-6-3-2-4-12-6;/h2-4,7,9H,5H2,1H3,(H,10,11);1H2/t7-;/m0./s1. The van der Waals surface area contributed by atoms with Gasteiger partial charge in [0.2, 0.25) is 0 Å². The first-order chi connectivity index (χ1) is 5.74. The highest BCUT2D eigenvalue weighted by molar-refractivity contribution is 7.59. The lowest BCUT2D eigenvalue weighted by atomic mass is 10.2. The molecule has 0 aliphatic heterocycles. The number of nitrogens with one attached hydrogen (secondary N) is 1. The third kappa shape index (κ3) is 3.80. The summed E-state index contributed by atoms with van der Waals surface area (Å²) in [6, 6.07) is 3.40. The molecule has 1 rings (SSSR count). The lowest BCUT2D eigenvalue weighted by Crippen LogP contribution is -2.35. The van der Waals surface area contributed by atoms with Gasteiger partial charge in [0.25, 0.3) is 0 Å². The molecule has 0 aliphatic carbocycles. The van der Waals surface area contributed by atoms with E-state index in [4.69, 9.17) is 5.11 Å². The van der Waals surface area contributed by atoms with Crippen molar-refractivity contribution in [2.75, 3.05) is 7.05 Å². The molecule has 2 N–H and O–H groups in total. The average Bonchev–Trinajstić information content (AvgIpc) is 2.51. The molecule has 0 aliphatic rings. The maximum Gasteiger partial charge on any atom is 0.321 e. The molecule has 0 saturated carbocycles. The molecule has 3 nitrogen and oxygen atoms in total. The van der Waals surface area contributed by atoms with E-state index in [1.165, 1.54) is 0 Å². The Morgan fingerprint density at radius 3 is 2.85 bits per heavy atom. The van der Waals surface area contributed by atoms with E-state index in [-0.39, 0.29) is 13.5 Å². The lowest BCUT2D eigenvalue weighted by molar-refractivity contribution is -0.139. The van der Waals surface area contributed by atoms with Gasteiger partial charge < -0.3 is 10.4 Å². The van der Waals surface area contributed by atoms with Gasteiger partial charge in [-0.25, -0.2) is 0 Å². The predicted octanol–water partition coefficient (Wildman–Crippen LogP) is 1.08. The van der Waals surface area contributed by atoms with Crippen LogP contribution in [0, 0.1) is 0 Å². The van der Waals surface area contributed by atoms with E-state index < -0.39 is 12.0 Å². The van der Waals surface area contributed by atoms with Crippen molar-refractivity contribution in [3.63, 3.8) is 0 Å². The van der Waals surface area contributed by atoms with Crippen LogP contribution in [0.2, 0.25) is 0 Å². The van der Waals surface area contributed by atoms with Crippen molar-refractivity contribution >= 4 is 30.8 Å². The summed E-state index contributed by atoms with van der Waals surface area (Å²) in [4.78, 5) is 11.7. The van der Waals surface area contributed by atoms with Gasteiger partial charge >= 0.3 is 5.97 Å². The molecule has 0 spiro atoms. The smallest absolute Gasteiger partial charge is 0.321 e. The molecule has 1 atom stereocenters. The highest BCUT2D eigenvalue weighted by atomic mass is 32.1. The molecule has 0 radical (unpaired) electrons. The fourth-order valence-corrected chi connectivity index (χ4v) is 1.69. The van der Waals surface area contributed by atoms with Gasteiger partial charge in [0.1, 0.15) is 6.04 Å². The first-order valence-corrected chi connectivity index (χ1v) is 4.54. The van der Waals surface area contributed by atoms with Gasteiger partial charge in [-0.1, -0.05) is 6.07 Å². The molecule has 0 aromatic carbocycles. The topological polar surface area (TPSA) is 49.3 Å². The van der Waals surface area contributed by atoms with Crippen LogP contribution in [0.1, 0.15) is 4.88 Å². The quantitative estimate of drug-likeness (QED) is 0.796. The van der Waals surface area contributed by atoms with Gasteiger partial charge in [0.05, 0.1) is 0 Å². The van der Waals surface area contributed by atoms with E-state index >= 15 is 0 Å². The molecule has 13 heavy (non-hydrogen) atoms. The maximum atomic E-state index is 10.6. The molecule has 0 bridgehead atoms. The number of carboxylic acid groups (broad SMARTS) is 1. The van der Waals surface area contributed by atoms with Gasteiger partial charge in [0.15, 0.2) is 0 Å². The average molecular weight is 219 g/mol. The molecule has 0 amide bonds.